The van der Waals surface area contributed by atoms with Crippen molar-refractivity contribution in [2.45, 2.75) is 51.7 Å². The number of ketones is 1. The third-order valence-electron chi connectivity index (χ3n) is 6.92. The Kier molecular flexibility index (Phi) is 6.36. The van der Waals surface area contributed by atoms with Crippen LogP contribution in [0.5, 0.6) is 0 Å². The average Bonchev–Trinajstić information content (AvgIpc) is 3.34. The van der Waals surface area contributed by atoms with Gasteiger partial charge >= 0.3 is 6.18 Å². The molecule has 1 aliphatic heterocycles. The topological polar surface area (TPSA) is 75.1 Å². The van der Waals surface area contributed by atoms with E-state index in [1.807, 2.05) is 25.1 Å². The summed E-state index contributed by atoms with van der Waals surface area (Å²) in [6.45, 7) is 4.56. The Balaban J connectivity index is 1.37. The highest BCUT2D eigenvalue weighted by molar-refractivity contribution is 5.95. The highest BCUT2D eigenvalue weighted by Gasteiger charge is 2.38. The first-order chi connectivity index (χ1) is 17.2. The number of aromatic nitrogens is 4. The van der Waals surface area contributed by atoms with Crippen molar-refractivity contribution in [3.8, 4) is 0 Å². The van der Waals surface area contributed by atoms with Crippen molar-refractivity contribution in [3.05, 3.63) is 70.2 Å². The van der Waals surface area contributed by atoms with Crippen LogP contribution in [0.2, 0.25) is 0 Å². The van der Waals surface area contributed by atoms with E-state index in [0.717, 1.165) is 50.3 Å². The summed E-state index contributed by atoms with van der Waals surface area (Å²) in [6, 6.07) is 10.1. The maximum atomic E-state index is 13.5. The van der Waals surface area contributed by atoms with Gasteiger partial charge in [0.15, 0.2) is 17.3 Å². The first-order valence-corrected chi connectivity index (χ1v) is 12.1. The molecule has 0 N–H and O–H groups in total. The number of rotatable bonds is 5. The Labute approximate surface area is 207 Å². The minimum atomic E-state index is -4.73. The van der Waals surface area contributed by atoms with Gasteiger partial charge < -0.3 is 9.80 Å². The van der Waals surface area contributed by atoms with Gasteiger partial charge in [0.2, 0.25) is 5.95 Å². The number of carbonyl (C=O) groups is 1. The molecule has 3 heterocycles. The molecule has 1 unspecified atom stereocenters. The Morgan fingerprint density at radius 3 is 2.53 bits per heavy atom. The molecule has 1 aromatic carbocycles. The molecule has 2 aliphatic rings. The van der Waals surface area contributed by atoms with Crippen LogP contribution in [0.1, 0.15) is 58.7 Å². The molecular weight excluding hydrogens is 469 g/mol. The van der Waals surface area contributed by atoms with Gasteiger partial charge in [0.05, 0.1) is 11.3 Å². The SMILES string of the molecule is CC(=O)c1cnc(N2CCN(c3nnc(Cc4ccccc4)c4c3CCC4)CC2C)nc1C(F)(F)F. The molecule has 0 bridgehead atoms. The van der Waals surface area contributed by atoms with Gasteiger partial charge in [-0.15, -0.1) is 5.10 Å². The van der Waals surface area contributed by atoms with Crippen LogP contribution < -0.4 is 9.80 Å². The molecule has 0 saturated carbocycles. The van der Waals surface area contributed by atoms with Crippen molar-refractivity contribution in [2.75, 3.05) is 29.4 Å². The van der Waals surface area contributed by atoms with Crippen molar-refractivity contribution >= 4 is 17.5 Å². The second-order valence-electron chi connectivity index (χ2n) is 9.42. The lowest BCUT2D eigenvalue weighted by atomic mass is 10.0. The predicted molar refractivity (Wildman–Crippen MR) is 129 cm³/mol. The fraction of sp³-hybridized carbons (Fsp3) is 0.423. The van der Waals surface area contributed by atoms with Crippen molar-refractivity contribution in [3.63, 3.8) is 0 Å². The van der Waals surface area contributed by atoms with Crippen molar-refractivity contribution in [1.29, 1.82) is 0 Å². The molecule has 7 nitrogen and oxygen atoms in total. The molecule has 5 rings (SSSR count). The van der Waals surface area contributed by atoms with Crippen LogP contribution in [0.15, 0.2) is 36.5 Å². The Hall–Kier alpha value is -3.56. The van der Waals surface area contributed by atoms with Gasteiger partial charge in [-0.25, -0.2) is 9.97 Å². The van der Waals surface area contributed by atoms with Crippen LogP contribution >= 0.6 is 0 Å². The largest absolute Gasteiger partial charge is 0.434 e. The van der Waals surface area contributed by atoms with Crippen molar-refractivity contribution < 1.29 is 18.0 Å². The fourth-order valence-electron chi connectivity index (χ4n) is 5.15. The van der Waals surface area contributed by atoms with Crippen LogP contribution in [0.4, 0.5) is 24.9 Å². The molecule has 188 valence electrons. The second-order valence-corrected chi connectivity index (χ2v) is 9.42. The third kappa shape index (κ3) is 4.64. The highest BCUT2D eigenvalue weighted by atomic mass is 19.4. The zero-order valence-electron chi connectivity index (χ0n) is 20.2. The lowest BCUT2D eigenvalue weighted by molar-refractivity contribution is -0.141. The van der Waals surface area contributed by atoms with Gasteiger partial charge in [-0.2, -0.15) is 18.3 Å². The van der Waals surface area contributed by atoms with Crippen LogP contribution in [0.25, 0.3) is 0 Å². The number of halogens is 3. The summed E-state index contributed by atoms with van der Waals surface area (Å²) >= 11 is 0. The zero-order valence-corrected chi connectivity index (χ0v) is 20.2. The van der Waals surface area contributed by atoms with Crippen LogP contribution in [0, 0.1) is 0 Å². The summed E-state index contributed by atoms with van der Waals surface area (Å²) < 4.78 is 40.6. The number of nitrogens with zero attached hydrogens (tertiary/aromatic N) is 6. The molecule has 0 amide bonds. The van der Waals surface area contributed by atoms with Crippen LogP contribution in [-0.4, -0.2) is 51.6 Å². The van der Waals surface area contributed by atoms with Gasteiger partial charge in [-0.3, -0.25) is 4.79 Å². The number of hydrogen-bond acceptors (Lipinski definition) is 7. The smallest absolute Gasteiger partial charge is 0.351 e. The first kappa shape index (κ1) is 24.1. The normalized spacial score (nSPS) is 17.9. The van der Waals surface area contributed by atoms with Crippen molar-refractivity contribution in [1.82, 2.24) is 20.2 Å². The number of carbonyl (C=O) groups excluding carboxylic acids is 1. The minimum absolute atomic E-state index is 0.0194. The van der Waals surface area contributed by atoms with E-state index in [1.54, 1.807) is 4.90 Å². The Bertz CT molecular complexity index is 1280. The van der Waals surface area contributed by atoms with E-state index in [9.17, 15) is 18.0 Å². The van der Waals surface area contributed by atoms with Crippen LogP contribution in [0.3, 0.4) is 0 Å². The molecule has 1 fully saturated rings. The van der Waals surface area contributed by atoms with Crippen LogP contribution in [-0.2, 0) is 25.4 Å². The maximum Gasteiger partial charge on any atom is 0.434 e. The quantitative estimate of drug-likeness (QED) is 0.488. The number of anilines is 2. The van der Waals surface area contributed by atoms with Crippen molar-refractivity contribution in [2.24, 2.45) is 0 Å². The molecular formula is C26H27F3N6O. The molecule has 1 aliphatic carbocycles. The Morgan fingerprint density at radius 2 is 1.83 bits per heavy atom. The zero-order chi connectivity index (χ0) is 25.4. The molecule has 2 aromatic heterocycles. The number of Topliss-reactive ketones (excluding diaryl/α,β-unsaturated/α-hetero) is 1. The van der Waals surface area contributed by atoms with Gasteiger partial charge in [0.1, 0.15) is 0 Å². The molecule has 1 atom stereocenters. The molecule has 36 heavy (non-hydrogen) atoms. The maximum absolute atomic E-state index is 13.5. The third-order valence-corrected chi connectivity index (χ3v) is 6.92. The standard InChI is InChI=1S/C26H27F3N6O/c1-16-15-34(11-12-35(16)25-30-14-21(17(2)36)23(31-25)26(27,28)29)24-20-10-6-9-19(20)22(32-33-24)13-18-7-4-3-5-8-18/h3-5,7-8,14,16H,6,9-13,15H2,1-2H3. The number of benzene rings is 1. The number of hydrogen-bond donors (Lipinski definition) is 0. The van der Waals surface area contributed by atoms with Gasteiger partial charge in [0, 0.05) is 43.9 Å². The lowest BCUT2D eigenvalue weighted by Crippen LogP contribution is -2.53. The summed E-state index contributed by atoms with van der Waals surface area (Å²) in [4.78, 5) is 23.5. The first-order valence-electron chi connectivity index (χ1n) is 12.1. The van der Waals surface area contributed by atoms with Gasteiger partial charge in [0.25, 0.3) is 0 Å². The summed E-state index contributed by atoms with van der Waals surface area (Å²) in [5.74, 6) is 0.138. The van der Waals surface area contributed by atoms with Gasteiger partial charge in [-0.1, -0.05) is 30.3 Å². The number of piperazine rings is 1. The van der Waals surface area contributed by atoms with E-state index >= 15 is 0 Å². The second kappa shape index (κ2) is 9.48. The number of alkyl halides is 3. The molecule has 3 aromatic rings. The summed E-state index contributed by atoms with van der Waals surface area (Å²) in [5.41, 5.74) is 3.02. The van der Waals surface area contributed by atoms with E-state index in [2.05, 4.69) is 37.2 Å². The van der Waals surface area contributed by atoms with E-state index in [1.165, 1.54) is 16.7 Å². The molecule has 1 saturated heterocycles. The van der Waals surface area contributed by atoms with E-state index in [4.69, 9.17) is 0 Å². The van der Waals surface area contributed by atoms with Gasteiger partial charge in [-0.05, 0) is 44.2 Å². The summed E-state index contributed by atoms with van der Waals surface area (Å²) in [7, 11) is 0. The molecule has 0 radical (unpaired) electrons. The predicted octanol–water partition coefficient (Wildman–Crippen LogP) is 4.28. The number of fused-ring (bicyclic) bond motifs is 1. The van der Waals surface area contributed by atoms with E-state index in [0.29, 0.717) is 19.6 Å². The molecule has 0 spiro atoms. The summed E-state index contributed by atoms with van der Waals surface area (Å²) in [6.07, 6.45) is -0.0234. The summed E-state index contributed by atoms with van der Waals surface area (Å²) in [5, 5.41) is 9.22. The average molecular weight is 497 g/mol. The Morgan fingerprint density at radius 1 is 1.08 bits per heavy atom. The lowest BCUT2D eigenvalue weighted by Gasteiger charge is -2.41. The van der Waals surface area contributed by atoms with E-state index < -0.39 is 23.2 Å². The fourth-order valence-corrected chi connectivity index (χ4v) is 5.15. The minimum Gasteiger partial charge on any atom is -0.351 e. The highest BCUT2D eigenvalue weighted by Crippen LogP contribution is 2.34. The molecule has 10 heteroatoms. The monoisotopic (exact) mass is 496 g/mol. The van der Waals surface area contributed by atoms with E-state index in [-0.39, 0.29) is 12.0 Å².